The van der Waals surface area contributed by atoms with Gasteiger partial charge in [0.1, 0.15) is 11.6 Å². The molecular formula is C14H14N4O3S. The number of methoxy groups -OCH3 is 2. The average Bonchev–Trinajstić information content (AvgIpc) is 3.09. The number of carbonyl (C=O) groups is 1. The molecule has 1 aromatic carbocycles. The number of nitrogens with one attached hydrogen (secondary N) is 1. The largest absolute Gasteiger partial charge is 0.497 e. The Bertz CT molecular complexity index is 840. The third kappa shape index (κ3) is 2.60. The van der Waals surface area contributed by atoms with Gasteiger partial charge in [-0.25, -0.2) is 9.78 Å². The van der Waals surface area contributed by atoms with Crippen LogP contribution in [0.25, 0.3) is 15.3 Å². The van der Waals surface area contributed by atoms with Crippen LogP contribution in [-0.2, 0) is 4.74 Å². The summed E-state index contributed by atoms with van der Waals surface area (Å²) in [7, 11) is 2.94. The van der Waals surface area contributed by atoms with Gasteiger partial charge in [0, 0.05) is 6.07 Å². The van der Waals surface area contributed by atoms with Gasteiger partial charge >= 0.3 is 6.09 Å². The van der Waals surface area contributed by atoms with E-state index in [0.29, 0.717) is 10.9 Å². The maximum absolute atomic E-state index is 11.4. The average molecular weight is 318 g/mol. The molecule has 1 amide bonds. The maximum Gasteiger partial charge on any atom is 0.412 e. The van der Waals surface area contributed by atoms with Crippen molar-refractivity contribution in [2.45, 2.75) is 6.92 Å². The lowest BCUT2D eigenvalue weighted by Crippen LogP contribution is -2.14. The number of aryl methyl sites for hydroxylation is 1. The van der Waals surface area contributed by atoms with E-state index in [1.165, 1.54) is 18.4 Å². The standard InChI is InChI=1S/C14H14N4O3S/c1-8-6-12(16-14(19)21-3)18(17-8)13-15-10-5-4-9(20-2)7-11(10)22-13/h4-7H,1-3H3,(H,16,19). The fourth-order valence-corrected chi connectivity index (χ4v) is 2.96. The van der Waals surface area contributed by atoms with Crippen molar-refractivity contribution in [2.75, 3.05) is 19.5 Å². The van der Waals surface area contributed by atoms with Gasteiger partial charge in [0.25, 0.3) is 0 Å². The predicted octanol–water partition coefficient (Wildman–Crippen LogP) is 2.98. The number of carbonyl (C=O) groups excluding carboxylic acids is 1. The quantitative estimate of drug-likeness (QED) is 0.803. The van der Waals surface area contributed by atoms with E-state index >= 15 is 0 Å². The number of benzene rings is 1. The summed E-state index contributed by atoms with van der Waals surface area (Å²) in [5.41, 5.74) is 1.61. The van der Waals surface area contributed by atoms with Crippen LogP contribution in [0.15, 0.2) is 24.3 Å². The van der Waals surface area contributed by atoms with Crippen molar-refractivity contribution in [3.8, 4) is 10.9 Å². The summed E-state index contributed by atoms with van der Waals surface area (Å²) in [5, 5.41) is 7.65. The first kappa shape index (κ1) is 14.3. The molecule has 0 saturated carbocycles. The number of hydrogen-bond donors (Lipinski definition) is 1. The van der Waals surface area contributed by atoms with Gasteiger partial charge in [0.2, 0.25) is 5.13 Å². The van der Waals surface area contributed by atoms with Crippen molar-refractivity contribution >= 4 is 33.5 Å². The van der Waals surface area contributed by atoms with Crippen LogP contribution in [0.1, 0.15) is 5.69 Å². The number of fused-ring (bicyclic) bond motifs is 1. The zero-order valence-corrected chi connectivity index (χ0v) is 13.1. The molecule has 0 fully saturated rings. The van der Waals surface area contributed by atoms with Crippen LogP contribution >= 0.6 is 11.3 Å². The zero-order chi connectivity index (χ0) is 15.7. The Morgan fingerprint density at radius 2 is 2.14 bits per heavy atom. The van der Waals surface area contributed by atoms with Crippen molar-refractivity contribution in [1.29, 1.82) is 0 Å². The second-order valence-corrected chi connectivity index (χ2v) is 5.54. The highest BCUT2D eigenvalue weighted by Crippen LogP contribution is 2.29. The van der Waals surface area contributed by atoms with Crippen LogP contribution in [0.3, 0.4) is 0 Å². The second kappa shape index (κ2) is 5.64. The van der Waals surface area contributed by atoms with E-state index in [4.69, 9.17) is 4.74 Å². The molecule has 0 bridgehead atoms. The Balaban J connectivity index is 2.05. The number of thiazole rings is 1. The van der Waals surface area contributed by atoms with Gasteiger partial charge in [0.05, 0.1) is 30.1 Å². The first-order valence-corrected chi connectivity index (χ1v) is 7.29. The number of amides is 1. The Hall–Kier alpha value is -2.61. The summed E-state index contributed by atoms with van der Waals surface area (Å²) in [6, 6.07) is 7.41. The highest BCUT2D eigenvalue weighted by atomic mass is 32.1. The fraction of sp³-hybridized carbons (Fsp3) is 0.214. The molecule has 8 heteroatoms. The van der Waals surface area contributed by atoms with E-state index in [1.54, 1.807) is 17.9 Å². The highest BCUT2D eigenvalue weighted by molar-refractivity contribution is 7.20. The molecule has 3 aromatic rings. The number of hydrogen-bond acceptors (Lipinski definition) is 6. The molecule has 0 spiro atoms. The monoisotopic (exact) mass is 318 g/mol. The van der Waals surface area contributed by atoms with E-state index in [1.807, 2.05) is 25.1 Å². The van der Waals surface area contributed by atoms with E-state index in [-0.39, 0.29) is 0 Å². The minimum Gasteiger partial charge on any atom is -0.497 e. The lowest BCUT2D eigenvalue weighted by molar-refractivity contribution is 0.186. The van der Waals surface area contributed by atoms with E-state index < -0.39 is 6.09 Å². The topological polar surface area (TPSA) is 78.3 Å². The summed E-state index contributed by atoms with van der Waals surface area (Å²) < 4.78 is 12.4. The molecule has 0 atom stereocenters. The SMILES string of the molecule is COC(=O)Nc1cc(C)nn1-c1nc2ccc(OC)cc2s1. The Kier molecular flexibility index (Phi) is 3.68. The number of nitrogens with zero attached hydrogens (tertiary/aromatic N) is 3. The Morgan fingerprint density at radius 1 is 1.32 bits per heavy atom. The normalized spacial score (nSPS) is 10.7. The van der Waals surface area contributed by atoms with Crippen LogP contribution in [-0.4, -0.2) is 35.1 Å². The van der Waals surface area contributed by atoms with Gasteiger partial charge in [-0.3, -0.25) is 5.32 Å². The summed E-state index contributed by atoms with van der Waals surface area (Å²) in [6.07, 6.45) is -0.552. The van der Waals surface area contributed by atoms with E-state index in [2.05, 4.69) is 20.1 Å². The zero-order valence-electron chi connectivity index (χ0n) is 12.3. The number of anilines is 1. The molecule has 22 heavy (non-hydrogen) atoms. The van der Waals surface area contributed by atoms with Crippen molar-refractivity contribution in [1.82, 2.24) is 14.8 Å². The molecule has 0 radical (unpaired) electrons. The summed E-state index contributed by atoms with van der Waals surface area (Å²) in [6.45, 7) is 1.84. The fourth-order valence-electron chi connectivity index (χ4n) is 2.00. The van der Waals surface area contributed by atoms with Crippen molar-refractivity contribution in [2.24, 2.45) is 0 Å². The lowest BCUT2D eigenvalue weighted by atomic mass is 10.3. The van der Waals surface area contributed by atoms with Gasteiger partial charge in [-0.1, -0.05) is 11.3 Å². The third-order valence-corrected chi connectivity index (χ3v) is 4.01. The minimum atomic E-state index is -0.552. The molecule has 0 saturated heterocycles. The van der Waals surface area contributed by atoms with Crippen LogP contribution in [0.5, 0.6) is 5.75 Å². The number of ether oxygens (including phenoxy) is 2. The van der Waals surface area contributed by atoms with Gasteiger partial charge < -0.3 is 9.47 Å². The van der Waals surface area contributed by atoms with E-state index in [0.717, 1.165) is 21.7 Å². The molecule has 7 nitrogen and oxygen atoms in total. The second-order valence-electron chi connectivity index (χ2n) is 4.53. The lowest BCUT2D eigenvalue weighted by Gasteiger charge is -2.04. The van der Waals surface area contributed by atoms with Crippen LogP contribution in [0, 0.1) is 6.92 Å². The summed E-state index contributed by atoms with van der Waals surface area (Å²) in [4.78, 5) is 16.0. The first-order valence-electron chi connectivity index (χ1n) is 6.47. The van der Waals surface area contributed by atoms with Crippen molar-refractivity contribution < 1.29 is 14.3 Å². The van der Waals surface area contributed by atoms with E-state index in [9.17, 15) is 4.79 Å². The van der Waals surface area contributed by atoms with Gasteiger partial charge in [0.15, 0.2) is 0 Å². The number of aromatic nitrogens is 3. The molecule has 2 aromatic heterocycles. The van der Waals surface area contributed by atoms with Crippen LogP contribution < -0.4 is 10.1 Å². The van der Waals surface area contributed by atoms with Crippen LogP contribution in [0.2, 0.25) is 0 Å². The van der Waals surface area contributed by atoms with Crippen LogP contribution in [0.4, 0.5) is 10.6 Å². The maximum atomic E-state index is 11.4. The molecule has 0 unspecified atom stereocenters. The third-order valence-electron chi connectivity index (χ3n) is 3.01. The summed E-state index contributed by atoms with van der Waals surface area (Å²) in [5.74, 6) is 1.28. The molecule has 3 rings (SSSR count). The van der Waals surface area contributed by atoms with Gasteiger partial charge in [-0.15, -0.1) is 0 Å². The highest BCUT2D eigenvalue weighted by Gasteiger charge is 2.14. The molecular weight excluding hydrogens is 304 g/mol. The Morgan fingerprint density at radius 3 is 2.86 bits per heavy atom. The summed E-state index contributed by atoms with van der Waals surface area (Å²) >= 11 is 1.46. The van der Waals surface area contributed by atoms with Crippen molar-refractivity contribution in [3.63, 3.8) is 0 Å². The molecule has 0 aliphatic carbocycles. The molecule has 114 valence electrons. The first-order chi connectivity index (χ1) is 10.6. The predicted molar refractivity (Wildman–Crippen MR) is 84.1 cm³/mol. The van der Waals surface area contributed by atoms with Crippen molar-refractivity contribution in [3.05, 3.63) is 30.0 Å². The number of rotatable bonds is 3. The Labute approximate surface area is 130 Å². The molecule has 1 N–H and O–H groups in total. The molecule has 0 aliphatic rings. The smallest absolute Gasteiger partial charge is 0.412 e. The minimum absolute atomic E-state index is 0.510. The molecule has 2 heterocycles. The van der Waals surface area contributed by atoms with Gasteiger partial charge in [-0.05, 0) is 25.1 Å². The molecule has 0 aliphatic heterocycles. The van der Waals surface area contributed by atoms with Gasteiger partial charge in [-0.2, -0.15) is 9.78 Å².